The number of aliphatic hydroxyl groups is 11. The van der Waals surface area contributed by atoms with Gasteiger partial charge in [0, 0.05) is 0 Å². The first-order chi connectivity index (χ1) is 16.0. The highest BCUT2D eigenvalue weighted by Crippen LogP contribution is 2.36. The van der Waals surface area contributed by atoms with Crippen molar-refractivity contribution in [2.45, 2.75) is 85.5 Å². The summed E-state index contributed by atoms with van der Waals surface area (Å²) in [7, 11) is 0. The first-order valence-electron chi connectivity index (χ1n) is 10.6. The molecular weight excluding hydrogens is 472 g/mol. The maximum atomic E-state index is 10.3. The molecule has 14 atom stereocenters. The van der Waals surface area contributed by atoms with E-state index in [1.54, 1.807) is 0 Å². The smallest absolute Gasteiger partial charge is 0.224 e. The fourth-order valence-electron chi connectivity index (χ4n) is 4.01. The second-order valence-corrected chi connectivity index (χ2v) is 8.41. The van der Waals surface area contributed by atoms with E-state index in [1.807, 2.05) is 0 Å². The van der Waals surface area contributed by atoms with Gasteiger partial charge in [-0.25, -0.2) is 0 Å². The summed E-state index contributed by atoms with van der Waals surface area (Å²) in [4.78, 5) is 0. The Labute approximate surface area is 192 Å². The second kappa shape index (κ2) is 11.2. The first kappa shape index (κ1) is 27.9. The van der Waals surface area contributed by atoms with Gasteiger partial charge in [0.1, 0.15) is 73.8 Å². The molecule has 0 aliphatic carbocycles. The van der Waals surface area contributed by atoms with Gasteiger partial charge in [0.2, 0.25) is 5.79 Å². The lowest BCUT2D eigenvalue weighted by Crippen LogP contribution is -2.63. The Morgan fingerprint density at radius 3 is 1.65 bits per heavy atom. The molecule has 3 fully saturated rings. The van der Waals surface area contributed by atoms with Gasteiger partial charge in [-0.2, -0.15) is 0 Å². The number of hydrogen-bond acceptors (Lipinski definition) is 16. The van der Waals surface area contributed by atoms with E-state index >= 15 is 0 Å². The molecule has 0 amide bonds. The van der Waals surface area contributed by atoms with Crippen LogP contribution in [-0.2, 0) is 23.7 Å². The van der Waals surface area contributed by atoms with Crippen molar-refractivity contribution in [3.63, 3.8) is 0 Å². The van der Waals surface area contributed by atoms with Crippen LogP contribution >= 0.6 is 0 Å². The highest BCUT2D eigenvalue weighted by molar-refractivity contribution is 4.98. The Hall–Kier alpha value is -0.640. The van der Waals surface area contributed by atoms with Crippen LogP contribution in [0.1, 0.15) is 0 Å². The highest BCUT2D eigenvalue weighted by atomic mass is 16.8. The minimum atomic E-state index is -2.36. The molecule has 0 saturated carbocycles. The topological polar surface area (TPSA) is 269 Å². The molecule has 200 valence electrons. The lowest BCUT2D eigenvalue weighted by molar-refractivity contribution is -0.388. The quantitative estimate of drug-likeness (QED) is 0.146. The Kier molecular flexibility index (Phi) is 9.18. The van der Waals surface area contributed by atoms with E-state index in [2.05, 4.69) is 0 Å². The first-order valence-corrected chi connectivity index (χ1v) is 10.6. The summed E-state index contributed by atoms with van der Waals surface area (Å²) < 4.78 is 26.4. The standard InChI is InChI=1S/C18H32O16/c19-1-5-8(22)11(25)13(27)16(31-5)30-3-7-9(23)12(26)14(28)17(32-7)34-18(4-21)15(29)10(24)6(2-20)33-18/h5-17,19-29H,1-4H2/t5-,6-,7-,8?,9?,10?,11+,12+,13?,14?,15+,16-,17?,18+/m1/s1. The summed E-state index contributed by atoms with van der Waals surface area (Å²) in [5.41, 5.74) is 0. The van der Waals surface area contributed by atoms with Crippen LogP contribution in [0.25, 0.3) is 0 Å². The van der Waals surface area contributed by atoms with Crippen LogP contribution in [0.15, 0.2) is 0 Å². The van der Waals surface area contributed by atoms with Crippen LogP contribution in [0.3, 0.4) is 0 Å². The third-order valence-corrected chi connectivity index (χ3v) is 6.16. The largest absolute Gasteiger partial charge is 0.394 e. The number of ether oxygens (including phenoxy) is 5. The molecule has 3 saturated heterocycles. The van der Waals surface area contributed by atoms with Crippen LogP contribution in [0.2, 0.25) is 0 Å². The molecule has 3 rings (SSSR count). The monoisotopic (exact) mass is 504 g/mol. The average molecular weight is 504 g/mol. The predicted octanol–water partition coefficient (Wildman–Crippen LogP) is -7.57. The summed E-state index contributed by atoms with van der Waals surface area (Å²) in [5.74, 6) is -2.36. The van der Waals surface area contributed by atoms with E-state index in [0.29, 0.717) is 0 Å². The molecule has 3 heterocycles. The van der Waals surface area contributed by atoms with Crippen LogP contribution < -0.4 is 0 Å². The van der Waals surface area contributed by atoms with Gasteiger partial charge >= 0.3 is 0 Å². The Balaban J connectivity index is 1.69. The molecular formula is C18H32O16. The van der Waals surface area contributed by atoms with Gasteiger partial charge in [-0.3, -0.25) is 0 Å². The summed E-state index contributed by atoms with van der Waals surface area (Å²) >= 11 is 0. The molecule has 0 aromatic rings. The van der Waals surface area contributed by atoms with Gasteiger partial charge in [0.15, 0.2) is 12.6 Å². The molecule has 0 aromatic carbocycles. The molecule has 34 heavy (non-hydrogen) atoms. The van der Waals surface area contributed by atoms with Gasteiger partial charge in [-0.1, -0.05) is 0 Å². The number of rotatable bonds is 8. The van der Waals surface area contributed by atoms with Crippen LogP contribution in [0.5, 0.6) is 0 Å². The number of aliphatic hydroxyl groups excluding tert-OH is 11. The van der Waals surface area contributed by atoms with Crippen LogP contribution in [0, 0.1) is 0 Å². The lowest BCUT2D eigenvalue weighted by Gasteiger charge is -2.44. The van der Waals surface area contributed by atoms with Gasteiger partial charge in [-0.05, 0) is 0 Å². The zero-order valence-corrected chi connectivity index (χ0v) is 17.8. The Morgan fingerprint density at radius 2 is 1.12 bits per heavy atom. The third kappa shape index (κ3) is 5.09. The normalized spacial score (nSPS) is 52.1. The molecule has 0 aromatic heterocycles. The predicted molar refractivity (Wildman–Crippen MR) is 101 cm³/mol. The van der Waals surface area contributed by atoms with Crippen LogP contribution in [-0.4, -0.2) is 168 Å². The highest BCUT2D eigenvalue weighted by Gasteiger charge is 2.58. The van der Waals surface area contributed by atoms with Crippen molar-refractivity contribution < 1.29 is 79.9 Å². The summed E-state index contributed by atoms with van der Waals surface area (Å²) in [6, 6.07) is 0. The molecule has 0 bridgehead atoms. The van der Waals surface area contributed by atoms with Crippen molar-refractivity contribution >= 4 is 0 Å². The van der Waals surface area contributed by atoms with E-state index in [-0.39, 0.29) is 0 Å². The summed E-state index contributed by atoms with van der Waals surface area (Å²) in [5, 5.41) is 109. The van der Waals surface area contributed by atoms with Crippen molar-refractivity contribution in [1.29, 1.82) is 0 Å². The maximum Gasteiger partial charge on any atom is 0.224 e. The van der Waals surface area contributed by atoms with E-state index < -0.39 is 112 Å². The van der Waals surface area contributed by atoms with Gasteiger partial charge in [0.25, 0.3) is 0 Å². The van der Waals surface area contributed by atoms with Crippen molar-refractivity contribution in [2.75, 3.05) is 26.4 Å². The minimum absolute atomic E-state index is 0.634. The Morgan fingerprint density at radius 1 is 0.588 bits per heavy atom. The third-order valence-electron chi connectivity index (χ3n) is 6.16. The van der Waals surface area contributed by atoms with Crippen molar-refractivity contribution in [2.24, 2.45) is 0 Å². The van der Waals surface area contributed by atoms with Gasteiger partial charge in [0.05, 0.1) is 19.8 Å². The maximum absolute atomic E-state index is 10.3. The van der Waals surface area contributed by atoms with Crippen molar-refractivity contribution in [3.05, 3.63) is 0 Å². The molecule has 3 aliphatic heterocycles. The van der Waals surface area contributed by atoms with E-state index in [4.69, 9.17) is 23.7 Å². The fraction of sp³-hybridized carbons (Fsp3) is 1.00. The average Bonchev–Trinajstić information content (AvgIpc) is 3.08. The summed E-state index contributed by atoms with van der Waals surface area (Å²) in [6.45, 7) is -3.14. The Bertz CT molecular complexity index is 653. The van der Waals surface area contributed by atoms with Crippen LogP contribution in [0.4, 0.5) is 0 Å². The molecule has 16 nitrogen and oxygen atoms in total. The molecule has 0 radical (unpaired) electrons. The molecule has 0 spiro atoms. The minimum Gasteiger partial charge on any atom is -0.394 e. The fourth-order valence-corrected chi connectivity index (χ4v) is 4.01. The SMILES string of the molecule is OC[C@H]1O[C@@H](OC[C@H]2OC(O[C@]3(CO)O[C@H](CO)C(O)[C@@H]3O)C(O)[C@@H](O)C2O)C(O)[C@@H](O)C1O. The van der Waals surface area contributed by atoms with E-state index in [1.165, 1.54) is 0 Å². The van der Waals surface area contributed by atoms with Gasteiger partial charge < -0.3 is 79.9 Å². The lowest BCUT2D eigenvalue weighted by atomic mass is 9.98. The van der Waals surface area contributed by atoms with Crippen molar-refractivity contribution in [1.82, 2.24) is 0 Å². The molecule has 16 heteroatoms. The molecule has 11 N–H and O–H groups in total. The van der Waals surface area contributed by atoms with E-state index in [9.17, 15) is 56.2 Å². The number of hydrogen-bond donors (Lipinski definition) is 11. The second-order valence-electron chi connectivity index (χ2n) is 8.41. The summed E-state index contributed by atoms with van der Waals surface area (Å²) in [6.07, 6.45) is -21.8. The zero-order chi connectivity index (χ0) is 25.4. The van der Waals surface area contributed by atoms with Crippen molar-refractivity contribution in [3.8, 4) is 0 Å². The zero-order valence-electron chi connectivity index (χ0n) is 17.8. The van der Waals surface area contributed by atoms with Gasteiger partial charge in [-0.15, -0.1) is 0 Å². The molecule has 3 aliphatic rings. The van der Waals surface area contributed by atoms with E-state index in [0.717, 1.165) is 0 Å². The molecule has 6 unspecified atom stereocenters.